The molecule has 8 heteroatoms. The molecule has 0 bridgehead atoms. The van der Waals surface area contributed by atoms with Crippen molar-refractivity contribution in [3.63, 3.8) is 0 Å². The summed E-state index contributed by atoms with van der Waals surface area (Å²) in [5, 5.41) is 0. The van der Waals surface area contributed by atoms with Crippen LogP contribution in [0.15, 0.2) is 22.8 Å². The standard InChI is InChI=1S/C9H14N2O5S/c1-9(2,8(12)15-3)11-17(13,14)10-7-5-4-6-16-7/h4-6,10-11H,1-3H3. The smallest absolute Gasteiger partial charge is 0.326 e. The van der Waals surface area contributed by atoms with E-state index in [4.69, 9.17) is 4.42 Å². The molecule has 0 saturated carbocycles. The van der Waals surface area contributed by atoms with Crippen molar-refractivity contribution in [1.29, 1.82) is 0 Å². The summed E-state index contributed by atoms with van der Waals surface area (Å²) in [6.07, 6.45) is 1.32. The van der Waals surface area contributed by atoms with Crippen LogP contribution in [0.4, 0.5) is 5.88 Å². The molecule has 1 aromatic rings. The first-order chi connectivity index (χ1) is 7.77. The summed E-state index contributed by atoms with van der Waals surface area (Å²) in [7, 11) is -2.73. The fourth-order valence-electron chi connectivity index (χ4n) is 1.13. The highest BCUT2D eigenvalue weighted by molar-refractivity contribution is 7.90. The number of rotatable bonds is 5. The largest absolute Gasteiger partial charge is 0.468 e. The molecule has 96 valence electrons. The van der Waals surface area contributed by atoms with Crippen molar-refractivity contribution in [3.05, 3.63) is 18.4 Å². The number of nitrogens with one attached hydrogen (secondary N) is 2. The van der Waals surface area contributed by atoms with Crippen LogP contribution in [0.5, 0.6) is 0 Å². The van der Waals surface area contributed by atoms with Gasteiger partial charge in [-0.15, -0.1) is 0 Å². The molecule has 0 aliphatic rings. The van der Waals surface area contributed by atoms with E-state index in [0.717, 1.165) is 0 Å². The van der Waals surface area contributed by atoms with E-state index in [9.17, 15) is 13.2 Å². The molecule has 1 heterocycles. The van der Waals surface area contributed by atoms with Gasteiger partial charge in [0.05, 0.1) is 13.4 Å². The molecule has 1 rings (SSSR count). The fourth-order valence-corrected chi connectivity index (χ4v) is 2.31. The van der Waals surface area contributed by atoms with Gasteiger partial charge in [0.2, 0.25) is 5.88 Å². The molecule has 7 nitrogen and oxygen atoms in total. The molecule has 0 spiro atoms. The predicted molar refractivity (Wildman–Crippen MR) is 60.5 cm³/mol. The van der Waals surface area contributed by atoms with Crippen LogP contribution < -0.4 is 9.44 Å². The first-order valence-corrected chi connectivity index (χ1v) is 6.19. The molecule has 0 aliphatic heterocycles. The maximum absolute atomic E-state index is 11.6. The molecule has 0 amide bonds. The van der Waals surface area contributed by atoms with E-state index >= 15 is 0 Å². The van der Waals surface area contributed by atoms with Crippen LogP contribution in [0, 0.1) is 0 Å². The van der Waals surface area contributed by atoms with Crippen molar-refractivity contribution >= 4 is 22.1 Å². The second kappa shape index (κ2) is 4.76. The average molecular weight is 262 g/mol. The second-order valence-electron chi connectivity index (χ2n) is 3.80. The fraction of sp³-hybridized carbons (Fsp3) is 0.444. The molecule has 0 unspecified atom stereocenters. The zero-order valence-corrected chi connectivity index (χ0v) is 10.5. The molecule has 0 aromatic carbocycles. The molecule has 1 aromatic heterocycles. The topological polar surface area (TPSA) is 97.6 Å². The summed E-state index contributed by atoms with van der Waals surface area (Å²) < 4.78 is 36.9. The number of hydrogen-bond acceptors (Lipinski definition) is 5. The highest BCUT2D eigenvalue weighted by Gasteiger charge is 2.33. The number of methoxy groups -OCH3 is 1. The molecule has 2 N–H and O–H groups in total. The van der Waals surface area contributed by atoms with Crippen LogP contribution in [0.25, 0.3) is 0 Å². The Labute approximate surface area is 99.3 Å². The monoisotopic (exact) mass is 262 g/mol. The van der Waals surface area contributed by atoms with Gasteiger partial charge in [-0.3, -0.25) is 4.79 Å². The number of furan rings is 1. The Kier molecular flexibility index (Phi) is 3.79. The van der Waals surface area contributed by atoms with Crippen LogP contribution in [0.3, 0.4) is 0 Å². The minimum absolute atomic E-state index is 0.0539. The second-order valence-corrected chi connectivity index (χ2v) is 5.22. The van der Waals surface area contributed by atoms with Gasteiger partial charge in [-0.2, -0.15) is 13.1 Å². The number of anilines is 1. The summed E-state index contributed by atoms with van der Waals surface area (Å²) in [4.78, 5) is 11.3. The third-order valence-corrected chi connectivity index (χ3v) is 3.09. The summed E-state index contributed by atoms with van der Waals surface area (Å²) in [5.74, 6) is -0.638. The molecule has 0 aliphatic carbocycles. The molecule has 17 heavy (non-hydrogen) atoms. The van der Waals surface area contributed by atoms with Crippen molar-refractivity contribution in [1.82, 2.24) is 4.72 Å². The lowest BCUT2D eigenvalue weighted by molar-refractivity contribution is -0.146. The van der Waals surface area contributed by atoms with Crippen LogP contribution >= 0.6 is 0 Å². The van der Waals surface area contributed by atoms with Gasteiger partial charge in [0.25, 0.3) is 0 Å². The molecule has 0 saturated heterocycles. The average Bonchev–Trinajstić information content (AvgIpc) is 2.66. The van der Waals surface area contributed by atoms with Crippen molar-refractivity contribution in [2.24, 2.45) is 0 Å². The Hall–Kier alpha value is -1.54. The summed E-state index contributed by atoms with van der Waals surface area (Å²) in [6, 6.07) is 2.97. The number of ether oxygens (including phenoxy) is 1. The van der Waals surface area contributed by atoms with Crippen molar-refractivity contribution < 1.29 is 22.4 Å². The predicted octanol–water partition coefficient (Wildman–Crippen LogP) is 0.477. The molecule has 0 atom stereocenters. The van der Waals surface area contributed by atoms with Gasteiger partial charge >= 0.3 is 16.2 Å². The van der Waals surface area contributed by atoms with E-state index in [1.54, 1.807) is 0 Å². The number of esters is 1. The first-order valence-electron chi connectivity index (χ1n) is 4.70. The minimum Gasteiger partial charge on any atom is -0.468 e. The van der Waals surface area contributed by atoms with Crippen LogP contribution in [0.1, 0.15) is 13.8 Å². The van der Waals surface area contributed by atoms with E-state index in [2.05, 4.69) is 14.2 Å². The van der Waals surface area contributed by atoms with Crippen molar-refractivity contribution in [2.45, 2.75) is 19.4 Å². The number of carbonyl (C=O) groups excluding carboxylic acids is 1. The summed E-state index contributed by atoms with van der Waals surface area (Å²) >= 11 is 0. The van der Waals surface area contributed by atoms with Gasteiger partial charge in [-0.05, 0) is 19.9 Å². The molecule has 0 radical (unpaired) electrons. The Morgan fingerprint density at radius 1 is 1.47 bits per heavy atom. The Bertz CT molecular complexity index is 477. The summed E-state index contributed by atoms with van der Waals surface area (Å²) in [5.41, 5.74) is -1.37. The zero-order valence-electron chi connectivity index (χ0n) is 9.68. The SMILES string of the molecule is COC(=O)C(C)(C)NS(=O)(=O)Nc1ccco1. The minimum atomic E-state index is -3.91. The lowest BCUT2D eigenvalue weighted by atomic mass is 10.1. The lowest BCUT2D eigenvalue weighted by Gasteiger charge is -2.22. The van der Waals surface area contributed by atoms with E-state index in [-0.39, 0.29) is 5.88 Å². The van der Waals surface area contributed by atoms with Crippen LogP contribution in [0.2, 0.25) is 0 Å². The van der Waals surface area contributed by atoms with Gasteiger partial charge in [-0.25, -0.2) is 4.72 Å². The van der Waals surface area contributed by atoms with Gasteiger partial charge in [-0.1, -0.05) is 0 Å². The van der Waals surface area contributed by atoms with Crippen molar-refractivity contribution in [2.75, 3.05) is 11.8 Å². The highest BCUT2D eigenvalue weighted by atomic mass is 32.2. The zero-order chi connectivity index (χ0) is 13.1. The molecule has 0 fully saturated rings. The van der Waals surface area contributed by atoms with E-state index in [1.165, 1.54) is 39.4 Å². The van der Waals surface area contributed by atoms with Crippen LogP contribution in [-0.4, -0.2) is 27.0 Å². The quantitative estimate of drug-likeness (QED) is 0.752. The first kappa shape index (κ1) is 13.5. The third-order valence-electron chi connectivity index (χ3n) is 1.84. The van der Waals surface area contributed by atoms with E-state index < -0.39 is 21.7 Å². The van der Waals surface area contributed by atoms with Crippen molar-refractivity contribution in [3.8, 4) is 0 Å². The van der Waals surface area contributed by atoms with E-state index in [0.29, 0.717) is 0 Å². The number of hydrogen-bond donors (Lipinski definition) is 2. The molecular weight excluding hydrogens is 248 g/mol. The van der Waals surface area contributed by atoms with Gasteiger partial charge < -0.3 is 9.15 Å². The van der Waals surface area contributed by atoms with Gasteiger partial charge in [0.15, 0.2) is 0 Å². The van der Waals surface area contributed by atoms with Gasteiger partial charge in [0.1, 0.15) is 5.54 Å². The number of carbonyl (C=O) groups is 1. The Morgan fingerprint density at radius 2 is 2.12 bits per heavy atom. The maximum Gasteiger partial charge on any atom is 0.326 e. The maximum atomic E-state index is 11.6. The normalized spacial score (nSPS) is 12.2. The lowest BCUT2D eigenvalue weighted by Crippen LogP contribution is -2.51. The highest BCUT2D eigenvalue weighted by Crippen LogP contribution is 2.11. The molecular formula is C9H14N2O5S. The Balaban J connectivity index is 2.76. The van der Waals surface area contributed by atoms with Gasteiger partial charge in [0, 0.05) is 6.07 Å². The Morgan fingerprint density at radius 3 is 2.59 bits per heavy atom. The third kappa shape index (κ3) is 3.75. The van der Waals surface area contributed by atoms with Crippen LogP contribution in [-0.2, 0) is 19.7 Å². The summed E-state index contributed by atoms with van der Waals surface area (Å²) in [6.45, 7) is 2.78. The van der Waals surface area contributed by atoms with E-state index in [1.807, 2.05) is 0 Å².